The van der Waals surface area contributed by atoms with Crippen LogP contribution in [0.3, 0.4) is 0 Å². The summed E-state index contributed by atoms with van der Waals surface area (Å²) < 4.78 is 16.0. The summed E-state index contributed by atoms with van der Waals surface area (Å²) in [5, 5.41) is 0. The molecule has 0 bridgehead atoms. The van der Waals surface area contributed by atoms with Gasteiger partial charge in [0.1, 0.15) is 11.5 Å². The van der Waals surface area contributed by atoms with E-state index in [4.69, 9.17) is 13.9 Å². The highest BCUT2D eigenvalue weighted by Gasteiger charge is 2.45. The zero-order valence-corrected chi connectivity index (χ0v) is 15.6. The van der Waals surface area contributed by atoms with Crippen LogP contribution in [0.1, 0.15) is 26.0 Å². The Balaban J connectivity index is 2.36. The minimum absolute atomic E-state index is 0.0629. The van der Waals surface area contributed by atoms with Gasteiger partial charge in [0.2, 0.25) is 0 Å². The van der Waals surface area contributed by atoms with Crippen molar-refractivity contribution in [2.45, 2.75) is 20.3 Å². The first-order valence-electron chi connectivity index (χ1n) is 8.87. The first kappa shape index (κ1) is 20.2. The third-order valence-electron chi connectivity index (χ3n) is 3.96. The van der Waals surface area contributed by atoms with Crippen molar-refractivity contribution in [1.29, 1.82) is 0 Å². The zero-order chi connectivity index (χ0) is 19.7. The predicted molar refractivity (Wildman–Crippen MR) is 104 cm³/mol. The lowest BCUT2D eigenvalue weighted by Gasteiger charge is -2.24. The van der Waals surface area contributed by atoms with Gasteiger partial charge in [-0.15, -0.1) is 6.58 Å². The smallest absolute Gasteiger partial charge is 0.327 e. The molecular weight excluding hydrogens is 344 g/mol. The molecule has 142 valence electrons. The van der Waals surface area contributed by atoms with Crippen molar-refractivity contribution >= 4 is 18.0 Å². The van der Waals surface area contributed by atoms with Crippen molar-refractivity contribution in [2.75, 3.05) is 13.2 Å². The van der Waals surface area contributed by atoms with Gasteiger partial charge in [0, 0.05) is 5.56 Å². The molecule has 0 aliphatic carbocycles. The van der Waals surface area contributed by atoms with Crippen molar-refractivity contribution < 1.29 is 23.5 Å². The highest BCUT2D eigenvalue weighted by atomic mass is 16.6. The van der Waals surface area contributed by atoms with Gasteiger partial charge in [-0.3, -0.25) is 9.59 Å². The van der Waals surface area contributed by atoms with E-state index in [-0.39, 0.29) is 19.6 Å². The molecule has 0 unspecified atom stereocenters. The number of hydrogen-bond acceptors (Lipinski definition) is 5. The van der Waals surface area contributed by atoms with Crippen molar-refractivity contribution in [1.82, 2.24) is 0 Å². The lowest BCUT2D eigenvalue weighted by Crippen LogP contribution is -2.40. The van der Waals surface area contributed by atoms with Gasteiger partial charge in [-0.05, 0) is 38.5 Å². The number of esters is 2. The summed E-state index contributed by atoms with van der Waals surface area (Å²) in [7, 11) is 0. The summed E-state index contributed by atoms with van der Waals surface area (Å²) in [5.41, 5.74) is -0.654. The van der Waals surface area contributed by atoms with Gasteiger partial charge >= 0.3 is 11.9 Å². The highest BCUT2D eigenvalue weighted by Crippen LogP contribution is 2.31. The van der Waals surface area contributed by atoms with Crippen LogP contribution in [0.25, 0.3) is 17.4 Å². The molecule has 2 rings (SSSR count). The monoisotopic (exact) mass is 368 g/mol. The third-order valence-corrected chi connectivity index (χ3v) is 3.96. The summed E-state index contributed by atoms with van der Waals surface area (Å²) in [5.74, 6) is -0.142. The Kier molecular flexibility index (Phi) is 7.17. The van der Waals surface area contributed by atoms with Gasteiger partial charge in [0.05, 0.1) is 13.2 Å². The molecule has 1 heterocycles. The molecule has 0 N–H and O–H groups in total. The molecular formula is C22H24O5. The van der Waals surface area contributed by atoms with E-state index in [2.05, 4.69) is 6.58 Å². The SMILES string of the molecule is C=CCC(/C=C/c1ccc(-c2ccccc2)o1)(C(=O)OCC)C(=O)OCC. The van der Waals surface area contributed by atoms with Crippen LogP contribution in [0.15, 0.2) is 65.6 Å². The molecule has 5 heteroatoms. The molecule has 1 aromatic carbocycles. The number of ether oxygens (including phenoxy) is 2. The summed E-state index contributed by atoms with van der Waals surface area (Å²) >= 11 is 0. The molecule has 0 atom stereocenters. The number of carbonyl (C=O) groups is 2. The van der Waals surface area contributed by atoms with Gasteiger partial charge in [-0.2, -0.15) is 0 Å². The Morgan fingerprint density at radius 2 is 1.67 bits per heavy atom. The molecule has 0 saturated carbocycles. The van der Waals surface area contributed by atoms with E-state index in [1.807, 2.05) is 36.4 Å². The molecule has 27 heavy (non-hydrogen) atoms. The first-order valence-corrected chi connectivity index (χ1v) is 8.87. The third kappa shape index (κ3) is 4.76. The first-order chi connectivity index (χ1) is 13.1. The van der Waals surface area contributed by atoms with Gasteiger partial charge in [0.15, 0.2) is 5.41 Å². The Morgan fingerprint density at radius 1 is 1.04 bits per heavy atom. The Bertz CT molecular complexity index is 783. The van der Waals surface area contributed by atoms with E-state index in [9.17, 15) is 9.59 Å². The Labute approximate surface area is 159 Å². The number of carbonyl (C=O) groups excluding carboxylic acids is 2. The van der Waals surface area contributed by atoms with Gasteiger partial charge in [-0.25, -0.2) is 0 Å². The van der Waals surface area contributed by atoms with Crippen LogP contribution in [0.5, 0.6) is 0 Å². The van der Waals surface area contributed by atoms with Crippen LogP contribution in [0.4, 0.5) is 0 Å². The van der Waals surface area contributed by atoms with E-state index in [0.717, 1.165) is 5.56 Å². The molecule has 0 fully saturated rings. The second kappa shape index (κ2) is 9.57. The molecule has 5 nitrogen and oxygen atoms in total. The fraction of sp³-hybridized carbons (Fsp3) is 0.273. The second-order valence-corrected chi connectivity index (χ2v) is 5.81. The second-order valence-electron chi connectivity index (χ2n) is 5.81. The number of furan rings is 1. The van der Waals surface area contributed by atoms with E-state index in [0.29, 0.717) is 11.5 Å². The molecule has 1 aromatic heterocycles. The van der Waals surface area contributed by atoms with Crippen LogP contribution in [0, 0.1) is 5.41 Å². The predicted octanol–water partition coefficient (Wildman–Crippen LogP) is 4.65. The minimum atomic E-state index is -1.59. The standard InChI is InChI=1S/C22H24O5/c1-4-15-22(20(23)25-5-2,21(24)26-6-3)16-14-18-12-13-19(27-18)17-10-8-7-9-11-17/h4,7-14,16H,1,5-6,15H2,2-3H3/b16-14+. The van der Waals surface area contributed by atoms with Crippen LogP contribution >= 0.6 is 0 Å². The maximum Gasteiger partial charge on any atom is 0.327 e. The maximum atomic E-state index is 12.6. The van der Waals surface area contributed by atoms with Crippen LogP contribution in [-0.4, -0.2) is 25.2 Å². The normalized spacial score (nSPS) is 11.3. The van der Waals surface area contributed by atoms with E-state index < -0.39 is 17.4 Å². The quantitative estimate of drug-likeness (QED) is 0.366. The molecule has 0 spiro atoms. The number of rotatable bonds is 9. The molecule has 0 radical (unpaired) electrons. The Hall–Kier alpha value is -3.08. The molecule has 0 aliphatic heterocycles. The summed E-state index contributed by atoms with van der Waals surface area (Å²) in [6.45, 7) is 7.34. The van der Waals surface area contributed by atoms with Crippen molar-refractivity contribution in [3.05, 3.63) is 67.0 Å². The molecule has 2 aromatic rings. The lowest BCUT2D eigenvalue weighted by molar-refractivity contribution is -0.167. The minimum Gasteiger partial charge on any atom is -0.465 e. The van der Waals surface area contributed by atoms with Gasteiger partial charge in [-0.1, -0.05) is 42.5 Å². The Morgan fingerprint density at radius 3 is 2.22 bits per heavy atom. The van der Waals surface area contributed by atoms with Crippen molar-refractivity contribution in [3.63, 3.8) is 0 Å². The largest absolute Gasteiger partial charge is 0.465 e. The average Bonchev–Trinajstić information content (AvgIpc) is 3.15. The summed E-state index contributed by atoms with van der Waals surface area (Å²) in [6.07, 6.45) is 4.62. The van der Waals surface area contributed by atoms with Gasteiger partial charge < -0.3 is 13.9 Å². The lowest BCUT2D eigenvalue weighted by atomic mass is 9.83. The number of hydrogen-bond donors (Lipinski definition) is 0. The van der Waals surface area contributed by atoms with E-state index in [1.165, 1.54) is 12.2 Å². The fourth-order valence-corrected chi connectivity index (χ4v) is 2.63. The van der Waals surface area contributed by atoms with Crippen LogP contribution in [0.2, 0.25) is 0 Å². The molecule has 0 saturated heterocycles. The fourth-order valence-electron chi connectivity index (χ4n) is 2.63. The van der Waals surface area contributed by atoms with E-state index >= 15 is 0 Å². The summed E-state index contributed by atoms with van der Waals surface area (Å²) in [6, 6.07) is 13.2. The average molecular weight is 368 g/mol. The topological polar surface area (TPSA) is 65.7 Å². The summed E-state index contributed by atoms with van der Waals surface area (Å²) in [4.78, 5) is 25.1. The maximum absolute atomic E-state index is 12.6. The molecule has 0 aliphatic rings. The zero-order valence-electron chi connectivity index (χ0n) is 15.6. The van der Waals surface area contributed by atoms with Crippen molar-refractivity contribution in [2.24, 2.45) is 5.41 Å². The van der Waals surface area contributed by atoms with E-state index in [1.54, 1.807) is 26.0 Å². The van der Waals surface area contributed by atoms with Crippen molar-refractivity contribution in [3.8, 4) is 11.3 Å². The number of allylic oxidation sites excluding steroid dienone is 1. The highest BCUT2D eigenvalue weighted by molar-refractivity contribution is 6.03. The molecule has 0 amide bonds. The van der Waals surface area contributed by atoms with Gasteiger partial charge in [0.25, 0.3) is 0 Å². The van der Waals surface area contributed by atoms with Crippen LogP contribution < -0.4 is 0 Å². The number of benzene rings is 1. The van der Waals surface area contributed by atoms with Crippen LogP contribution in [-0.2, 0) is 19.1 Å².